The summed E-state index contributed by atoms with van der Waals surface area (Å²) in [6, 6.07) is 14.5. The smallest absolute Gasteiger partial charge is 0.347 e. The van der Waals surface area contributed by atoms with Crippen LogP contribution < -0.4 is 10.2 Å². The number of piperidine rings is 1. The Morgan fingerprint density at radius 3 is 2.50 bits per heavy atom. The van der Waals surface area contributed by atoms with Crippen LogP contribution in [0.15, 0.2) is 54.6 Å². The number of benzene rings is 2. The van der Waals surface area contributed by atoms with Gasteiger partial charge in [-0.15, -0.1) is 0 Å². The number of aryl methyl sites for hydroxylation is 1. The van der Waals surface area contributed by atoms with Gasteiger partial charge in [-0.05, 0) is 49.4 Å². The minimum absolute atomic E-state index is 0.115. The molecule has 5 nitrogen and oxygen atoms in total. The van der Waals surface area contributed by atoms with Gasteiger partial charge < -0.3 is 5.32 Å². The van der Waals surface area contributed by atoms with E-state index in [1.807, 2.05) is 30.3 Å². The van der Waals surface area contributed by atoms with Gasteiger partial charge in [-0.3, -0.25) is 14.5 Å². The zero-order valence-electron chi connectivity index (χ0n) is 18.6. The van der Waals surface area contributed by atoms with Crippen LogP contribution in [-0.4, -0.2) is 23.3 Å². The van der Waals surface area contributed by atoms with Crippen molar-refractivity contribution in [3.8, 4) is 0 Å². The number of hydrogen-bond donors (Lipinski definition) is 1. The molecule has 1 atom stereocenters. The second kappa shape index (κ2) is 9.97. The molecule has 178 valence electrons. The van der Waals surface area contributed by atoms with Crippen molar-refractivity contribution in [1.29, 1.82) is 0 Å². The molecule has 3 aromatic rings. The van der Waals surface area contributed by atoms with Gasteiger partial charge in [-0.1, -0.05) is 53.8 Å². The van der Waals surface area contributed by atoms with Gasteiger partial charge in [0.25, 0.3) is 5.91 Å². The number of nitrogens with zero attached hydrogens (tertiary/aromatic N) is 2. The van der Waals surface area contributed by atoms with E-state index in [0.717, 1.165) is 24.1 Å². The number of thiazole rings is 1. The Morgan fingerprint density at radius 1 is 1.12 bits per heavy atom. The molecule has 0 spiro atoms. The number of alkyl halides is 3. The molecule has 0 saturated carbocycles. The van der Waals surface area contributed by atoms with Crippen molar-refractivity contribution in [2.45, 2.75) is 38.9 Å². The molecule has 0 aliphatic carbocycles. The summed E-state index contributed by atoms with van der Waals surface area (Å²) in [5.74, 6) is -0.697. The molecule has 2 heterocycles. The summed E-state index contributed by atoms with van der Waals surface area (Å²) in [6.45, 7) is 2.64. The van der Waals surface area contributed by atoms with Crippen LogP contribution >= 0.6 is 11.3 Å². The molecule has 1 aliphatic rings. The van der Waals surface area contributed by atoms with Crippen molar-refractivity contribution < 1.29 is 22.8 Å². The summed E-state index contributed by atoms with van der Waals surface area (Å²) >= 11 is 1.18. The number of anilines is 1. The highest BCUT2D eigenvalue weighted by Crippen LogP contribution is 2.33. The highest BCUT2D eigenvalue weighted by molar-refractivity contribution is 7.17. The van der Waals surface area contributed by atoms with Gasteiger partial charge in [-0.2, -0.15) is 13.2 Å². The third-order valence-corrected chi connectivity index (χ3v) is 7.01. The van der Waals surface area contributed by atoms with E-state index in [-0.39, 0.29) is 17.7 Å². The van der Waals surface area contributed by atoms with Crippen LogP contribution in [-0.2, 0) is 23.9 Å². The number of carbonyl (C=O) groups excluding carboxylic acids is 2. The van der Waals surface area contributed by atoms with Gasteiger partial charge in [0.05, 0.1) is 11.3 Å². The lowest BCUT2D eigenvalue weighted by Gasteiger charge is -2.30. The molecule has 2 amide bonds. The van der Waals surface area contributed by atoms with Crippen molar-refractivity contribution in [1.82, 2.24) is 10.3 Å². The summed E-state index contributed by atoms with van der Waals surface area (Å²) in [7, 11) is 0. The fourth-order valence-corrected chi connectivity index (χ4v) is 5.03. The zero-order valence-corrected chi connectivity index (χ0v) is 19.4. The summed E-state index contributed by atoms with van der Waals surface area (Å²) < 4.78 is 38.4. The average molecular weight is 488 g/mol. The maximum atomic E-state index is 13.2. The number of aromatic nitrogens is 1. The molecule has 1 aliphatic heterocycles. The summed E-state index contributed by atoms with van der Waals surface area (Å²) in [5.41, 5.74) is 1.52. The molecule has 0 radical (unpaired) electrons. The number of carbonyl (C=O) groups is 2. The van der Waals surface area contributed by atoms with E-state index in [2.05, 4.69) is 10.3 Å². The Labute approximate surface area is 199 Å². The van der Waals surface area contributed by atoms with Crippen molar-refractivity contribution >= 4 is 28.3 Å². The predicted octanol–water partition coefficient (Wildman–Crippen LogP) is 5.39. The first kappa shape index (κ1) is 23.9. The van der Waals surface area contributed by atoms with Gasteiger partial charge in [-0.25, -0.2) is 4.98 Å². The monoisotopic (exact) mass is 487 g/mol. The lowest BCUT2D eigenvalue weighted by Crippen LogP contribution is -2.42. The molecular formula is C25H24F3N3O2S. The van der Waals surface area contributed by atoms with E-state index >= 15 is 0 Å². The quantitative estimate of drug-likeness (QED) is 0.507. The molecular weight excluding hydrogens is 463 g/mol. The second-order valence-corrected chi connectivity index (χ2v) is 9.28. The first-order valence-electron chi connectivity index (χ1n) is 11.0. The Balaban J connectivity index is 1.43. The third-order valence-electron chi connectivity index (χ3n) is 5.83. The Hall–Kier alpha value is -3.20. The van der Waals surface area contributed by atoms with Crippen molar-refractivity contribution in [2.75, 3.05) is 11.4 Å². The molecule has 2 aromatic carbocycles. The largest absolute Gasteiger partial charge is 0.416 e. The van der Waals surface area contributed by atoms with E-state index < -0.39 is 11.7 Å². The van der Waals surface area contributed by atoms with Crippen molar-refractivity contribution in [2.24, 2.45) is 5.92 Å². The lowest BCUT2D eigenvalue weighted by atomic mass is 9.90. The van der Waals surface area contributed by atoms with E-state index in [4.69, 9.17) is 0 Å². The second-order valence-electron chi connectivity index (χ2n) is 8.31. The minimum Gasteiger partial charge on any atom is -0.347 e. The Morgan fingerprint density at radius 2 is 1.82 bits per heavy atom. The summed E-state index contributed by atoms with van der Waals surface area (Å²) in [5, 5.41) is 3.36. The highest BCUT2D eigenvalue weighted by atomic mass is 32.1. The first-order chi connectivity index (χ1) is 16.2. The Kier molecular flexibility index (Phi) is 7.02. The predicted molar refractivity (Wildman–Crippen MR) is 125 cm³/mol. The number of hydrogen-bond acceptors (Lipinski definition) is 4. The number of amides is 2. The molecule has 4 rings (SSSR count). The normalized spacial score (nSPS) is 16.5. The van der Waals surface area contributed by atoms with E-state index in [0.29, 0.717) is 47.2 Å². The number of rotatable bonds is 6. The molecule has 1 N–H and O–H groups in total. The van der Waals surface area contributed by atoms with Crippen LogP contribution in [0, 0.1) is 12.8 Å². The van der Waals surface area contributed by atoms with Crippen LogP contribution in [0.2, 0.25) is 0 Å². The lowest BCUT2D eigenvalue weighted by molar-refractivity contribution is -0.137. The van der Waals surface area contributed by atoms with Crippen LogP contribution in [0.4, 0.5) is 18.3 Å². The van der Waals surface area contributed by atoms with Crippen molar-refractivity contribution in [3.63, 3.8) is 0 Å². The maximum Gasteiger partial charge on any atom is 0.416 e. The number of nitrogens with one attached hydrogen (secondary N) is 1. The SMILES string of the molecule is Cc1nc(N2CCCC(Cc3ccc(C(F)(F)F)cc3)C2=O)sc1C(=O)NCc1ccccc1. The minimum atomic E-state index is -4.39. The molecule has 0 bridgehead atoms. The fraction of sp³-hybridized carbons (Fsp3) is 0.320. The topological polar surface area (TPSA) is 62.3 Å². The van der Waals surface area contributed by atoms with Gasteiger partial charge in [0.1, 0.15) is 4.88 Å². The zero-order chi connectivity index (χ0) is 24.3. The van der Waals surface area contributed by atoms with Gasteiger partial charge in [0.15, 0.2) is 5.13 Å². The van der Waals surface area contributed by atoms with Crippen molar-refractivity contribution in [3.05, 3.63) is 81.9 Å². The molecule has 1 aromatic heterocycles. The third kappa shape index (κ3) is 5.47. The van der Waals surface area contributed by atoms with Crippen LogP contribution in [0.5, 0.6) is 0 Å². The van der Waals surface area contributed by atoms with E-state index in [1.165, 1.54) is 23.5 Å². The molecule has 1 unspecified atom stereocenters. The van der Waals surface area contributed by atoms with E-state index in [1.54, 1.807) is 11.8 Å². The molecule has 34 heavy (non-hydrogen) atoms. The number of halogens is 3. The summed E-state index contributed by atoms with van der Waals surface area (Å²) in [6.07, 6.45) is -2.61. The van der Waals surface area contributed by atoms with E-state index in [9.17, 15) is 22.8 Å². The molecule has 9 heteroatoms. The molecule has 1 saturated heterocycles. The fourth-order valence-electron chi connectivity index (χ4n) is 4.01. The van der Waals surface area contributed by atoms with Crippen LogP contribution in [0.1, 0.15) is 44.9 Å². The average Bonchev–Trinajstić information content (AvgIpc) is 3.20. The molecule has 1 fully saturated rings. The van der Waals surface area contributed by atoms with Gasteiger partial charge >= 0.3 is 6.18 Å². The summed E-state index contributed by atoms with van der Waals surface area (Å²) in [4.78, 5) is 32.4. The van der Waals surface area contributed by atoms with Gasteiger partial charge in [0.2, 0.25) is 5.91 Å². The van der Waals surface area contributed by atoms with Crippen LogP contribution in [0.3, 0.4) is 0 Å². The Bertz CT molecular complexity index is 1160. The van der Waals surface area contributed by atoms with Gasteiger partial charge in [0, 0.05) is 19.0 Å². The standard InChI is InChI=1S/C25H24F3N3O2S/c1-16-21(22(32)29-15-18-6-3-2-4-7-18)34-24(30-16)31-13-5-8-19(23(31)33)14-17-9-11-20(12-10-17)25(26,27)28/h2-4,6-7,9-12,19H,5,8,13-15H2,1H3,(H,29,32). The van der Waals surface area contributed by atoms with Crippen LogP contribution in [0.25, 0.3) is 0 Å². The first-order valence-corrected chi connectivity index (χ1v) is 11.8. The maximum absolute atomic E-state index is 13.2. The highest BCUT2D eigenvalue weighted by Gasteiger charge is 2.33.